The molecule has 1 saturated heterocycles. The Hall–Kier alpha value is -4.39. The van der Waals surface area contributed by atoms with Crippen molar-refractivity contribution < 1.29 is 29.0 Å². The van der Waals surface area contributed by atoms with E-state index in [0.717, 1.165) is 5.56 Å². The molecule has 1 atom stereocenters. The SMILES string of the molecule is CCCOC(=O)c1cccc(N2C(=O)C(=O)/C(=C(/O)c3cccc(OCC(C)C)c3)C2c2cccc(C)c2)c1. The number of benzene rings is 3. The molecule has 0 spiro atoms. The number of anilines is 1. The van der Waals surface area contributed by atoms with E-state index < -0.39 is 23.7 Å². The van der Waals surface area contributed by atoms with Gasteiger partial charge < -0.3 is 14.6 Å². The number of hydrogen-bond acceptors (Lipinski definition) is 6. The van der Waals surface area contributed by atoms with E-state index in [-0.39, 0.29) is 23.5 Å². The second kappa shape index (κ2) is 12.0. The molecule has 1 amide bonds. The highest BCUT2D eigenvalue weighted by Crippen LogP contribution is 2.42. The Kier molecular flexibility index (Phi) is 8.49. The quantitative estimate of drug-likeness (QED) is 0.154. The van der Waals surface area contributed by atoms with E-state index in [1.165, 1.54) is 11.0 Å². The zero-order valence-corrected chi connectivity index (χ0v) is 22.6. The van der Waals surface area contributed by atoms with Crippen LogP contribution in [0.25, 0.3) is 5.76 Å². The standard InChI is InChI=1S/C32H33NO6/c1-5-15-38-32(37)24-12-7-13-25(17-24)33-28(22-10-6-9-21(4)16-22)27(30(35)31(33)36)29(34)23-11-8-14-26(18-23)39-19-20(2)3/h6-14,16-18,20,28,34H,5,15,19H2,1-4H3/b29-27+. The number of amides is 1. The smallest absolute Gasteiger partial charge is 0.338 e. The number of rotatable bonds is 9. The van der Waals surface area contributed by atoms with Crippen molar-refractivity contribution in [3.05, 3.63) is 101 Å². The van der Waals surface area contributed by atoms with Crippen LogP contribution in [0.15, 0.2) is 78.4 Å². The number of Topliss-reactive ketones (excluding diaryl/α,β-unsaturated/α-hetero) is 1. The van der Waals surface area contributed by atoms with Crippen molar-refractivity contribution in [2.45, 2.75) is 40.2 Å². The molecule has 0 radical (unpaired) electrons. The summed E-state index contributed by atoms with van der Waals surface area (Å²) < 4.78 is 11.1. The summed E-state index contributed by atoms with van der Waals surface area (Å²) in [4.78, 5) is 40.9. The molecule has 3 aromatic carbocycles. The Labute approximate surface area is 228 Å². The lowest BCUT2D eigenvalue weighted by Gasteiger charge is -2.26. The summed E-state index contributed by atoms with van der Waals surface area (Å²) in [6, 6.07) is 19.8. The van der Waals surface area contributed by atoms with Gasteiger partial charge in [-0.15, -0.1) is 0 Å². The molecule has 1 aliphatic heterocycles. The van der Waals surface area contributed by atoms with Gasteiger partial charge in [0.15, 0.2) is 0 Å². The number of carbonyl (C=O) groups is 3. The molecule has 1 aliphatic rings. The molecule has 0 saturated carbocycles. The minimum absolute atomic E-state index is 0.0365. The second-order valence-electron chi connectivity index (χ2n) is 10.0. The molecular formula is C32H33NO6. The first-order valence-electron chi connectivity index (χ1n) is 13.1. The number of aryl methyl sites for hydroxylation is 1. The van der Waals surface area contributed by atoms with E-state index in [1.807, 2.05) is 52.0 Å². The first kappa shape index (κ1) is 27.6. The maximum atomic E-state index is 13.5. The van der Waals surface area contributed by atoms with Gasteiger partial charge in [0.2, 0.25) is 0 Å². The zero-order chi connectivity index (χ0) is 28.1. The lowest BCUT2D eigenvalue weighted by Crippen LogP contribution is -2.29. The third-order valence-corrected chi connectivity index (χ3v) is 6.29. The summed E-state index contributed by atoms with van der Waals surface area (Å²) in [7, 11) is 0. The molecule has 1 N–H and O–H groups in total. The maximum Gasteiger partial charge on any atom is 0.338 e. The predicted molar refractivity (Wildman–Crippen MR) is 150 cm³/mol. The Bertz CT molecular complexity index is 1420. The van der Waals surface area contributed by atoms with E-state index in [1.54, 1.807) is 42.5 Å². The molecular weight excluding hydrogens is 494 g/mol. The van der Waals surface area contributed by atoms with Gasteiger partial charge in [-0.25, -0.2) is 4.79 Å². The van der Waals surface area contributed by atoms with Crippen molar-refractivity contribution in [1.29, 1.82) is 0 Å². The number of nitrogens with zero attached hydrogens (tertiary/aromatic N) is 1. The highest BCUT2D eigenvalue weighted by Gasteiger charge is 2.47. The molecule has 3 aromatic rings. The third kappa shape index (κ3) is 6.03. The molecule has 0 aromatic heterocycles. The fourth-order valence-electron chi connectivity index (χ4n) is 4.47. The van der Waals surface area contributed by atoms with Gasteiger partial charge in [0.05, 0.1) is 30.4 Å². The lowest BCUT2D eigenvalue weighted by atomic mass is 9.94. The molecule has 0 aliphatic carbocycles. The number of ketones is 1. The predicted octanol–water partition coefficient (Wildman–Crippen LogP) is 6.22. The summed E-state index contributed by atoms with van der Waals surface area (Å²) in [6.45, 7) is 8.65. The molecule has 202 valence electrons. The van der Waals surface area contributed by atoms with E-state index >= 15 is 0 Å². The van der Waals surface area contributed by atoms with Crippen LogP contribution in [0.5, 0.6) is 5.75 Å². The van der Waals surface area contributed by atoms with Crippen molar-refractivity contribution in [2.75, 3.05) is 18.1 Å². The average molecular weight is 528 g/mol. The topological polar surface area (TPSA) is 93.1 Å². The van der Waals surface area contributed by atoms with Gasteiger partial charge in [-0.1, -0.05) is 68.8 Å². The minimum atomic E-state index is -0.910. The number of ether oxygens (including phenoxy) is 2. The van der Waals surface area contributed by atoms with Crippen LogP contribution in [0.1, 0.15) is 60.3 Å². The van der Waals surface area contributed by atoms with Crippen LogP contribution in [0.3, 0.4) is 0 Å². The van der Waals surface area contributed by atoms with Gasteiger partial charge in [-0.2, -0.15) is 0 Å². The fourth-order valence-corrected chi connectivity index (χ4v) is 4.47. The summed E-state index contributed by atoms with van der Waals surface area (Å²) in [5.74, 6) is -1.56. The summed E-state index contributed by atoms with van der Waals surface area (Å²) in [5.41, 5.74) is 2.53. The van der Waals surface area contributed by atoms with Gasteiger partial charge >= 0.3 is 5.97 Å². The van der Waals surface area contributed by atoms with Crippen molar-refractivity contribution in [1.82, 2.24) is 0 Å². The van der Waals surface area contributed by atoms with Gasteiger partial charge in [0.1, 0.15) is 11.5 Å². The highest BCUT2D eigenvalue weighted by atomic mass is 16.5. The van der Waals surface area contributed by atoms with Gasteiger partial charge in [0, 0.05) is 11.3 Å². The van der Waals surface area contributed by atoms with Crippen molar-refractivity contribution >= 4 is 29.1 Å². The average Bonchev–Trinajstić information content (AvgIpc) is 3.20. The monoisotopic (exact) mass is 527 g/mol. The molecule has 1 fully saturated rings. The van der Waals surface area contributed by atoms with Crippen LogP contribution in [0, 0.1) is 12.8 Å². The van der Waals surface area contributed by atoms with Gasteiger partial charge in [0.25, 0.3) is 11.7 Å². The third-order valence-electron chi connectivity index (χ3n) is 6.29. The number of esters is 1. The van der Waals surface area contributed by atoms with Gasteiger partial charge in [-0.05, 0) is 55.2 Å². The molecule has 7 heteroatoms. The summed E-state index contributed by atoms with van der Waals surface area (Å²) in [5, 5.41) is 11.5. The van der Waals surface area contributed by atoms with E-state index in [9.17, 15) is 19.5 Å². The number of aliphatic hydroxyl groups excluding tert-OH is 1. The van der Waals surface area contributed by atoms with Gasteiger partial charge in [-0.3, -0.25) is 14.5 Å². The van der Waals surface area contributed by atoms with Crippen molar-refractivity contribution in [3.8, 4) is 5.75 Å². The second-order valence-corrected chi connectivity index (χ2v) is 10.0. The largest absolute Gasteiger partial charge is 0.507 e. The van der Waals surface area contributed by atoms with E-state index in [4.69, 9.17) is 9.47 Å². The Balaban J connectivity index is 1.84. The molecule has 0 bridgehead atoms. The van der Waals surface area contributed by atoms with Crippen molar-refractivity contribution in [3.63, 3.8) is 0 Å². The summed E-state index contributed by atoms with van der Waals surface area (Å²) in [6.07, 6.45) is 0.678. The zero-order valence-electron chi connectivity index (χ0n) is 22.6. The first-order valence-corrected chi connectivity index (χ1v) is 13.1. The molecule has 39 heavy (non-hydrogen) atoms. The fraction of sp³-hybridized carbons (Fsp3) is 0.281. The van der Waals surface area contributed by atoms with Crippen LogP contribution < -0.4 is 9.64 Å². The Morgan fingerprint density at radius 1 is 0.974 bits per heavy atom. The number of hydrogen-bond donors (Lipinski definition) is 1. The van der Waals surface area contributed by atoms with E-state index in [0.29, 0.717) is 41.5 Å². The van der Waals surface area contributed by atoms with Crippen LogP contribution in [0.4, 0.5) is 5.69 Å². The molecule has 4 rings (SSSR count). The normalized spacial score (nSPS) is 16.5. The first-order chi connectivity index (χ1) is 18.7. The van der Waals surface area contributed by atoms with Crippen LogP contribution in [0.2, 0.25) is 0 Å². The molecule has 1 unspecified atom stereocenters. The maximum absolute atomic E-state index is 13.5. The van der Waals surface area contributed by atoms with Crippen LogP contribution in [-0.2, 0) is 14.3 Å². The lowest BCUT2D eigenvalue weighted by molar-refractivity contribution is -0.132. The molecule has 7 nitrogen and oxygen atoms in total. The number of carbonyl (C=O) groups excluding carboxylic acids is 3. The van der Waals surface area contributed by atoms with Crippen LogP contribution >= 0.6 is 0 Å². The van der Waals surface area contributed by atoms with Crippen LogP contribution in [-0.4, -0.2) is 36.0 Å². The van der Waals surface area contributed by atoms with Crippen molar-refractivity contribution in [2.24, 2.45) is 5.92 Å². The number of aliphatic hydroxyl groups is 1. The minimum Gasteiger partial charge on any atom is -0.507 e. The Morgan fingerprint density at radius 2 is 1.69 bits per heavy atom. The Morgan fingerprint density at radius 3 is 2.41 bits per heavy atom. The molecule has 1 heterocycles. The highest BCUT2D eigenvalue weighted by molar-refractivity contribution is 6.51. The van der Waals surface area contributed by atoms with E-state index in [2.05, 4.69) is 0 Å². The summed E-state index contributed by atoms with van der Waals surface area (Å²) >= 11 is 0.